The third-order valence-electron chi connectivity index (χ3n) is 4.58. The molecule has 0 saturated heterocycles. The minimum absolute atomic E-state index is 0.200. The average Bonchev–Trinajstić information content (AvgIpc) is 2.47. The van der Waals surface area contributed by atoms with Gasteiger partial charge in [-0.05, 0) is 42.5 Å². The van der Waals surface area contributed by atoms with Crippen molar-refractivity contribution in [1.29, 1.82) is 0 Å². The minimum Gasteiger partial charge on any atom is -0.331 e. The Labute approximate surface area is 119 Å². The Hall–Kier alpha value is -2.09. The molecule has 20 heavy (non-hydrogen) atoms. The molecule has 1 amide bonds. The van der Waals surface area contributed by atoms with E-state index in [4.69, 9.17) is 0 Å². The van der Waals surface area contributed by atoms with Crippen LogP contribution in [0.25, 0.3) is 0 Å². The van der Waals surface area contributed by atoms with Gasteiger partial charge in [0.2, 0.25) is 0 Å². The van der Waals surface area contributed by atoms with E-state index in [0.717, 1.165) is 24.9 Å². The maximum atomic E-state index is 12.7. The molecule has 2 aliphatic rings. The summed E-state index contributed by atoms with van der Waals surface area (Å²) in [6.45, 7) is 2.93. The fourth-order valence-electron chi connectivity index (χ4n) is 3.58. The highest BCUT2D eigenvalue weighted by Crippen LogP contribution is 2.37. The predicted molar refractivity (Wildman–Crippen MR) is 78.8 cm³/mol. The molecule has 4 rings (SSSR count). The lowest BCUT2D eigenvalue weighted by atomic mass is 9.83. The molecule has 0 aromatic heterocycles. The average molecular weight is 263 g/mol. The maximum Gasteiger partial charge on any atom is 0.254 e. The molecule has 0 aliphatic carbocycles. The van der Waals surface area contributed by atoms with E-state index in [0.29, 0.717) is 0 Å². The quantitative estimate of drug-likeness (QED) is 0.714. The van der Waals surface area contributed by atoms with Crippen LogP contribution < -0.4 is 0 Å². The summed E-state index contributed by atoms with van der Waals surface area (Å²) in [7, 11) is 0. The van der Waals surface area contributed by atoms with Crippen molar-refractivity contribution in [2.75, 3.05) is 6.54 Å². The Bertz CT molecular complexity index is 704. The molecule has 2 aromatic rings. The van der Waals surface area contributed by atoms with Gasteiger partial charge >= 0.3 is 0 Å². The molecule has 2 aliphatic heterocycles. The molecule has 0 unspecified atom stereocenters. The number of carbonyl (C=O) groups is 1. The first-order valence-corrected chi connectivity index (χ1v) is 7.22. The zero-order valence-electron chi connectivity index (χ0n) is 11.6. The van der Waals surface area contributed by atoms with Crippen LogP contribution in [0.2, 0.25) is 0 Å². The Morgan fingerprint density at radius 2 is 1.95 bits per heavy atom. The molecule has 0 radical (unpaired) electrons. The van der Waals surface area contributed by atoms with Gasteiger partial charge in [0.05, 0.1) is 6.04 Å². The summed E-state index contributed by atoms with van der Waals surface area (Å²) in [6.07, 6.45) is 1.92. The van der Waals surface area contributed by atoms with Crippen LogP contribution in [0.5, 0.6) is 0 Å². The van der Waals surface area contributed by atoms with Crippen molar-refractivity contribution >= 4 is 5.91 Å². The van der Waals surface area contributed by atoms with E-state index >= 15 is 0 Å². The smallest absolute Gasteiger partial charge is 0.254 e. The summed E-state index contributed by atoms with van der Waals surface area (Å²) in [4.78, 5) is 14.8. The SMILES string of the molecule is Cc1ccc2c(c1)C[C@H]1c3ccccc3CCN1C2=O. The van der Waals surface area contributed by atoms with E-state index in [1.54, 1.807) is 0 Å². The lowest BCUT2D eigenvalue weighted by Crippen LogP contribution is -2.44. The standard InChI is InChI=1S/C18H17NO/c1-12-6-7-16-14(10-12)11-17-15-5-3-2-4-13(15)8-9-19(17)18(16)20/h2-7,10,17H,8-9,11H2,1H3/t17-/m0/s1. The van der Waals surface area contributed by atoms with E-state index in [1.807, 2.05) is 12.1 Å². The molecule has 2 heterocycles. The van der Waals surface area contributed by atoms with Crippen molar-refractivity contribution in [2.45, 2.75) is 25.8 Å². The molecule has 1 atom stereocenters. The van der Waals surface area contributed by atoms with Gasteiger partial charge in [0.25, 0.3) is 5.91 Å². The normalized spacial score (nSPS) is 20.1. The summed E-state index contributed by atoms with van der Waals surface area (Å²) in [5.41, 5.74) is 6.06. The Morgan fingerprint density at radius 1 is 1.10 bits per heavy atom. The molecule has 0 saturated carbocycles. The topological polar surface area (TPSA) is 20.3 Å². The largest absolute Gasteiger partial charge is 0.331 e. The molecule has 100 valence electrons. The van der Waals surface area contributed by atoms with Gasteiger partial charge < -0.3 is 4.90 Å². The summed E-state index contributed by atoms with van der Waals surface area (Å²) in [5, 5.41) is 0. The van der Waals surface area contributed by atoms with Crippen LogP contribution >= 0.6 is 0 Å². The van der Waals surface area contributed by atoms with Crippen molar-refractivity contribution in [1.82, 2.24) is 4.90 Å². The number of benzene rings is 2. The van der Waals surface area contributed by atoms with Crippen molar-refractivity contribution in [3.05, 3.63) is 70.3 Å². The van der Waals surface area contributed by atoms with Crippen LogP contribution in [0, 0.1) is 6.92 Å². The van der Waals surface area contributed by atoms with E-state index < -0.39 is 0 Å². The lowest BCUT2D eigenvalue weighted by molar-refractivity contribution is 0.0632. The predicted octanol–water partition coefficient (Wildman–Crippen LogP) is 3.29. The fraction of sp³-hybridized carbons (Fsp3) is 0.278. The highest BCUT2D eigenvalue weighted by Gasteiger charge is 2.36. The second-order valence-corrected chi connectivity index (χ2v) is 5.83. The fourth-order valence-corrected chi connectivity index (χ4v) is 3.58. The molecular weight excluding hydrogens is 246 g/mol. The number of carbonyl (C=O) groups excluding carboxylic acids is 1. The van der Waals surface area contributed by atoms with Crippen LogP contribution in [0.4, 0.5) is 0 Å². The van der Waals surface area contributed by atoms with Crippen LogP contribution in [0.3, 0.4) is 0 Å². The number of fused-ring (bicyclic) bond motifs is 4. The summed E-state index contributed by atoms with van der Waals surface area (Å²) in [6, 6.07) is 15.0. The van der Waals surface area contributed by atoms with Crippen LogP contribution in [0.15, 0.2) is 42.5 Å². The van der Waals surface area contributed by atoms with Gasteiger partial charge in [-0.25, -0.2) is 0 Å². The number of hydrogen-bond acceptors (Lipinski definition) is 1. The van der Waals surface area contributed by atoms with E-state index in [-0.39, 0.29) is 11.9 Å². The molecule has 0 spiro atoms. The first kappa shape index (κ1) is 11.7. The number of nitrogens with zero attached hydrogens (tertiary/aromatic N) is 1. The summed E-state index contributed by atoms with van der Waals surface area (Å²) < 4.78 is 0. The van der Waals surface area contributed by atoms with Crippen LogP contribution in [-0.2, 0) is 12.8 Å². The van der Waals surface area contributed by atoms with E-state index in [1.165, 1.54) is 22.3 Å². The van der Waals surface area contributed by atoms with Gasteiger partial charge in [0.15, 0.2) is 0 Å². The number of hydrogen-bond donors (Lipinski definition) is 0. The molecule has 2 aromatic carbocycles. The second-order valence-electron chi connectivity index (χ2n) is 5.83. The highest BCUT2D eigenvalue weighted by molar-refractivity contribution is 5.97. The van der Waals surface area contributed by atoms with Crippen molar-refractivity contribution in [2.24, 2.45) is 0 Å². The number of aryl methyl sites for hydroxylation is 1. The molecule has 2 heteroatoms. The van der Waals surface area contributed by atoms with Gasteiger partial charge in [0.1, 0.15) is 0 Å². The minimum atomic E-state index is 0.200. The first-order valence-electron chi connectivity index (χ1n) is 7.22. The highest BCUT2D eigenvalue weighted by atomic mass is 16.2. The lowest BCUT2D eigenvalue weighted by Gasteiger charge is -2.41. The zero-order chi connectivity index (χ0) is 13.7. The number of rotatable bonds is 0. The molecular formula is C18H17NO. The maximum absolute atomic E-state index is 12.7. The summed E-state index contributed by atoms with van der Waals surface area (Å²) >= 11 is 0. The Morgan fingerprint density at radius 3 is 2.85 bits per heavy atom. The monoisotopic (exact) mass is 263 g/mol. The van der Waals surface area contributed by atoms with Gasteiger partial charge in [-0.2, -0.15) is 0 Å². The van der Waals surface area contributed by atoms with Gasteiger partial charge in [-0.15, -0.1) is 0 Å². The van der Waals surface area contributed by atoms with Gasteiger partial charge in [-0.3, -0.25) is 4.79 Å². The Balaban J connectivity index is 1.85. The third-order valence-corrected chi connectivity index (χ3v) is 4.58. The van der Waals surface area contributed by atoms with Gasteiger partial charge in [0, 0.05) is 12.1 Å². The molecule has 0 N–H and O–H groups in total. The van der Waals surface area contributed by atoms with Crippen LogP contribution in [0.1, 0.15) is 38.7 Å². The third kappa shape index (κ3) is 1.61. The Kier molecular flexibility index (Phi) is 2.46. The second kappa shape index (κ2) is 4.20. The number of amides is 1. The van der Waals surface area contributed by atoms with Gasteiger partial charge in [-0.1, -0.05) is 42.0 Å². The summed E-state index contributed by atoms with van der Waals surface area (Å²) in [5.74, 6) is 0.200. The molecule has 0 bridgehead atoms. The van der Waals surface area contributed by atoms with Crippen molar-refractivity contribution < 1.29 is 4.79 Å². The zero-order valence-corrected chi connectivity index (χ0v) is 11.6. The molecule has 0 fully saturated rings. The van der Waals surface area contributed by atoms with Crippen molar-refractivity contribution in [3.63, 3.8) is 0 Å². The molecule has 2 nitrogen and oxygen atoms in total. The van der Waals surface area contributed by atoms with E-state index in [2.05, 4.69) is 42.2 Å². The van der Waals surface area contributed by atoms with E-state index in [9.17, 15) is 4.79 Å². The van der Waals surface area contributed by atoms with Crippen molar-refractivity contribution in [3.8, 4) is 0 Å². The first-order chi connectivity index (χ1) is 9.74. The van der Waals surface area contributed by atoms with Crippen LogP contribution in [-0.4, -0.2) is 17.4 Å².